The third kappa shape index (κ3) is 7.11. The smallest absolute Gasteiger partial charge is 0.253 e. The van der Waals surface area contributed by atoms with Crippen molar-refractivity contribution in [1.82, 2.24) is 4.90 Å². The minimum Gasteiger partial charge on any atom is -0.491 e. The van der Waals surface area contributed by atoms with Crippen LogP contribution >= 0.6 is 0 Å². The number of amides is 2. The van der Waals surface area contributed by atoms with Gasteiger partial charge < -0.3 is 20.1 Å². The van der Waals surface area contributed by atoms with Gasteiger partial charge in [-0.25, -0.2) is 0 Å². The van der Waals surface area contributed by atoms with Crippen molar-refractivity contribution >= 4 is 11.8 Å². The second kappa shape index (κ2) is 11.0. The van der Waals surface area contributed by atoms with Crippen molar-refractivity contribution in [3.63, 3.8) is 0 Å². The van der Waals surface area contributed by atoms with Crippen molar-refractivity contribution in [1.29, 1.82) is 0 Å². The van der Waals surface area contributed by atoms with Gasteiger partial charge in [-0.3, -0.25) is 9.59 Å². The molecule has 6 heteroatoms. The first-order valence-electron chi connectivity index (χ1n) is 8.93. The maximum Gasteiger partial charge on any atom is 0.253 e. The fourth-order valence-corrected chi connectivity index (χ4v) is 2.59. The van der Waals surface area contributed by atoms with E-state index in [2.05, 4.69) is 0 Å². The van der Waals surface area contributed by atoms with Crippen molar-refractivity contribution < 1.29 is 19.1 Å². The number of nitrogens with two attached hydrogens (primary N) is 1. The highest BCUT2D eigenvalue weighted by Crippen LogP contribution is 2.14. The minimum atomic E-state index is -0.422. The summed E-state index contributed by atoms with van der Waals surface area (Å²) in [6, 6.07) is 16.9. The molecule has 0 aliphatic heterocycles. The summed E-state index contributed by atoms with van der Waals surface area (Å²) in [6.07, 6.45) is 0.850. The first kappa shape index (κ1) is 20.5. The molecule has 2 N–H and O–H groups in total. The van der Waals surface area contributed by atoms with Crippen molar-refractivity contribution in [2.24, 2.45) is 5.73 Å². The van der Waals surface area contributed by atoms with E-state index in [4.69, 9.17) is 15.2 Å². The van der Waals surface area contributed by atoms with E-state index in [1.807, 2.05) is 30.3 Å². The molecule has 0 saturated carbocycles. The van der Waals surface area contributed by atoms with Crippen LogP contribution < -0.4 is 10.5 Å². The van der Waals surface area contributed by atoms with Crippen LogP contribution in [0.1, 0.15) is 22.3 Å². The zero-order chi connectivity index (χ0) is 19.5. The predicted octanol–water partition coefficient (Wildman–Crippen LogP) is 2.27. The van der Waals surface area contributed by atoms with E-state index in [1.54, 1.807) is 36.3 Å². The summed E-state index contributed by atoms with van der Waals surface area (Å²) in [7, 11) is 1.61. The first-order chi connectivity index (χ1) is 13.1. The Kier molecular flexibility index (Phi) is 8.32. The van der Waals surface area contributed by atoms with Crippen molar-refractivity contribution in [3.05, 3.63) is 65.7 Å². The van der Waals surface area contributed by atoms with E-state index < -0.39 is 5.91 Å². The van der Waals surface area contributed by atoms with Crippen molar-refractivity contribution in [3.8, 4) is 5.75 Å². The molecule has 144 valence electrons. The molecule has 0 unspecified atom stereocenters. The zero-order valence-electron chi connectivity index (χ0n) is 15.6. The Morgan fingerprint density at radius 2 is 1.67 bits per heavy atom. The van der Waals surface area contributed by atoms with Gasteiger partial charge in [-0.1, -0.05) is 30.3 Å². The number of primary amides is 1. The number of methoxy groups -OCH3 is 1. The van der Waals surface area contributed by atoms with Gasteiger partial charge in [0, 0.05) is 32.2 Å². The van der Waals surface area contributed by atoms with Crippen LogP contribution in [-0.4, -0.2) is 50.1 Å². The van der Waals surface area contributed by atoms with Crippen molar-refractivity contribution in [2.75, 3.05) is 33.4 Å². The van der Waals surface area contributed by atoms with Gasteiger partial charge in [0.2, 0.25) is 5.91 Å². The number of benzene rings is 2. The summed E-state index contributed by atoms with van der Waals surface area (Å²) >= 11 is 0. The van der Waals surface area contributed by atoms with Crippen LogP contribution in [0.25, 0.3) is 0 Å². The van der Waals surface area contributed by atoms with Gasteiger partial charge in [-0.05, 0) is 36.2 Å². The second-order valence-electron chi connectivity index (χ2n) is 6.11. The largest absolute Gasteiger partial charge is 0.491 e. The lowest BCUT2D eigenvalue weighted by molar-refractivity contribution is -0.118. The average molecular weight is 370 g/mol. The molecular weight excluding hydrogens is 344 g/mol. The van der Waals surface area contributed by atoms with Gasteiger partial charge in [0.25, 0.3) is 5.91 Å². The molecule has 0 radical (unpaired) electrons. The molecular formula is C21H26N2O4. The Bertz CT molecular complexity index is 717. The molecule has 0 heterocycles. The van der Waals surface area contributed by atoms with E-state index in [-0.39, 0.29) is 12.3 Å². The van der Waals surface area contributed by atoms with Crippen LogP contribution in [-0.2, 0) is 16.0 Å². The van der Waals surface area contributed by atoms with E-state index in [9.17, 15) is 9.59 Å². The highest BCUT2D eigenvalue weighted by atomic mass is 16.5. The van der Waals surface area contributed by atoms with Gasteiger partial charge in [-0.2, -0.15) is 0 Å². The zero-order valence-corrected chi connectivity index (χ0v) is 15.6. The third-order valence-corrected chi connectivity index (χ3v) is 4.09. The Morgan fingerprint density at radius 3 is 2.30 bits per heavy atom. The number of carbonyl (C=O) groups is 2. The number of rotatable bonds is 11. The quantitative estimate of drug-likeness (QED) is 0.615. The summed E-state index contributed by atoms with van der Waals surface area (Å²) in [5, 5.41) is 0. The van der Waals surface area contributed by atoms with Crippen LogP contribution in [0.15, 0.2) is 54.6 Å². The third-order valence-electron chi connectivity index (χ3n) is 4.09. The molecule has 0 aromatic heterocycles. The highest BCUT2D eigenvalue weighted by molar-refractivity contribution is 5.94. The predicted molar refractivity (Wildman–Crippen MR) is 104 cm³/mol. The van der Waals surface area contributed by atoms with Gasteiger partial charge in [0.1, 0.15) is 12.4 Å². The Hall–Kier alpha value is -2.86. The lowest BCUT2D eigenvalue weighted by Gasteiger charge is -2.22. The molecule has 0 fully saturated rings. The van der Waals surface area contributed by atoms with Gasteiger partial charge in [-0.15, -0.1) is 0 Å². The first-order valence-corrected chi connectivity index (χ1v) is 8.93. The van der Waals surface area contributed by atoms with E-state index in [0.717, 1.165) is 5.56 Å². The molecule has 0 saturated heterocycles. The summed E-state index contributed by atoms with van der Waals surface area (Å²) in [4.78, 5) is 25.7. The van der Waals surface area contributed by atoms with Gasteiger partial charge in [0.15, 0.2) is 0 Å². The molecule has 2 amide bonds. The van der Waals surface area contributed by atoms with Gasteiger partial charge in [0.05, 0.1) is 6.61 Å². The molecule has 0 spiro atoms. The molecule has 2 rings (SSSR count). The van der Waals surface area contributed by atoms with E-state index >= 15 is 0 Å². The second-order valence-corrected chi connectivity index (χ2v) is 6.11. The molecule has 0 aliphatic rings. The Morgan fingerprint density at radius 1 is 0.963 bits per heavy atom. The summed E-state index contributed by atoms with van der Waals surface area (Å²) in [6.45, 7) is 1.77. The van der Waals surface area contributed by atoms with E-state index in [0.29, 0.717) is 44.0 Å². The lowest BCUT2D eigenvalue weighted by atomic mass is 10.1. The number of ether oxygens (including phenoxy) is 2. The molecule has 2 aromatic carbocycles. The molecule has 6 nitrogen and oxygen atoms in total. The molecule has 27 heavy (non-hydrogen) atoms. The fraction of sp³-hybridized carbons (Fsp3) is 0.333. The van der Waals surface area contributed by atoms with Crippen molar-refractivity contribution in [2.45, 2.75) is 12.8 Å². The van der Waals surface area contributed by atoms with Crippen LogP contribution in [0.5, 0.6) is 5.75 Å². The molecule has 0 bridgehead atoms. The van der Waals surface area contributed by atoms with Crippen LogP contribution in [0, 0.1) is 0 Å². The van der Waals surface area contributed by atoms with Crippen LogP contribution in [0.4, 0.5) is 0 Å². The van der Waals surface area contributed by atoms with Crippen LogP contribution in [0.2, 0.25) is 0 Å². The molecule has 0 aliphatic carbocycles. The number of carbonyl (C=O) groups excluding carboxylic acids is 2. The fourth-order valence-electron chi connectivity index (χ4n) is 2.59. The Balaban J connectivity index is 2.01. The normalized spacial score (nSPS) is 10.4. The summed E-state index contributed by atoms with van der Waals surface area (Å²) in [5.41, 5.74) is 6.94. The standard InChI is InChI=1S/C21H26N2O4/c1-26-15-16-27-19-9-7-18(8-10-19)21(25)23(14-12-20(22)24)13-11-17-5-3-2-4-6-17/h2-10H,11-16H2,1H3,(H2,22,24). The topological polar surface area (TPSA) is 81.9 Å². The van der Waals surface area contributed by atoms with Crippen LogP contribution in [0.3, 0.4) is 0 Å². The number of hydrogen-bond acceptors (Lipinski definition) is 4. The number of nitrogens with zero attached hydrogens (tertiary/aromatic N) is 1. The maximum atomic E-state index is 12.9. The number of hydrogen-bond donors (Lipinski definition) is 1. The monoisotopic (exact) mass is 370 g/mol. The summed E-state index contributed by atoms with van der Waals surface area (Å²) in [5.74, 6) is 0.126. The molecule has 2 aromatic rings. The lowest BCUT2D eigenvalue weighted by Crippen LogP contribution is -2.35. The Labute approximate surface area is 159 Å². The minimum absolute atomic E-state index is 0.129. The SMILES string of the molecule is COCCOc1ccc(C(=O)N(CCC(N)=O)CCc2ccccc2)cc1. The molecule has 0 atom stereocenters. The highest BCUT2D eigenvalue weighted by Gasteiger charge is 2.16. The summed E-state index contributed by atoms with van der Waals surface area (Å²) < 4.78 is 10.5. The van der Waals surface area contributed by atoms with Gasteiger partial charge >= 0.3 is 0 Å². The maximum absolute atomic E-state index is 12.9. The average Bonchev–Trinajstić information content (AvgIpc) is 2.69. The van der Waals surface area contributed by atoms with E-state index in [1.165, 1.54) is 0 Å².